The predicted molar refractivity (Wildman–Crippen MR) is 74.6 cm³/mol. The van der Waals surface area contributed by atoms with Gasteiger partial charge in [-0.1, -0.05) is 43.2 Å². The molecule has 1 amide bonds. The van der Waals surface area contributed by atoms with Gasteiger partial charge in [0.05, 0.1) is 6.04 Å². The Bertz CT molecular complexity index is 461. The molecule has 0 unspecified atom stereocenters. The number of nitrogens with one attached hydrogen (secondary N) is 1. The second-order valence-electron chi connectivity index (χ2n) is 5.05. The van der Waals surface area contributed by atoms with Crippen LogP contribution < -0.4 is 11.1 Å². The number of ether oxygens (including phenoxy) is 1. The number of amides is 1. The van der Waals surface area contributed by atoms with Crippen LogP contribution in [0, 0.1) is 0 Å². The molecule has 5 heteroatoms. The lowest BCUT2D eigenvalue weighted by atomic mass is 10.1. The van der Waals surface area contributed by atoms with Gasteiger partial charge in [-0.2, -0.15) is 0 Å². The smallest absolute Gasteiger partial charge is 0.323 e. The van der Waals surface area contributed by atoms with Crippen LogP contribution in [-0.2, 0) is 20.9 Å². The van der Waals surface area contributed by atoms with Crippen LogP contribution in [0.15, 0.2) is 30.3 Å². The molecule has 1 aromatic carbocycles. The highest BCUT2D eigenvalue weighted by Crippen LogP contribution is 2.14. The van der Waals surface area contributed by atoms with Gasteiger partial charge >= 0.3 is 5.97 Å². The molecule has 3 N–H and O–H groups in total. The Morgan fingerprint density at radius 1 is 1.15 bits per heavy atom. The fourth-order valence-electron chi connectivity index (χ4n) is 2.35. The Morgan fingerprint density at radius 3 is 2.45 bits per heavy atom. The number of rotatable bonds is 4. The molecule has 0 radical (unpaired) electrons. The molecule has 1 aliphatic rings. The van der Waals surface area contributed by atoms with Crippen molar-refractivity contribution in [1.82, 2.24) is 5.32 Å². The summed E-state index contributed by atoms with van der Waals surface area (Å²) in [6.45, 7) is 0.249. The average Bonchev–Trinajstić information content (AvgIpc) is 2.72. The first kappa shape index (κ1) is 14.5. The number of hydrogen-bond acceptors (Lipinski definition) is 4. The molecule has 1 aliphatic heterocycles. The molecule has 1 fully saturated rings. The first-order valence-corrected chi connectivity index (χ1v) is 6.93. The highest BCUT2D eigenvalue weighted by molar-refractivity contribution is 5.82. The summed E-state index contributed by atoms with van der Waals surface area (Å²) in [7, 11) is 0. The fraction of sp³-hybridized carbons (Fsp3) is 0.467. The number of esters is 1. The van der Waals surface area contributed by atoms with E-state index in [-0.39, 0.29) is 12.6 Å². The van der Waals surface area contributed by atoms with Gasteiger partial charge in [-0.3, -0.25) is 14.9 Å². The molecule has 1 saturated heterocycles. The largest absolute Gasteiger partial charge is 0.460 e. The normalized spacial score (nSPS) is 22.8. The van der Waals surface area contributed by atoms with E-state index in [4.69, 9.17) is 10.5 Å². The Hall–Kier alpha value is -1.88. The fourth-order valence-corrected chi connectivity index (χ4v) is 2.35. The Labute approximate surface area is 118 Å². The minimum atomic E-state index is -0.446. The summed E-state index contributed by atoms with van der Waals surface area (Å²) in [6, 6.07) is 8.63. The van der Waals surface area contributed by atoms with Crippen molar-refractivity contribution in [3.63, 3.8) is 0 Å². The number of benzene rings is 1. The maximum Gasteiger partial charge on any atom is 0.323 e. The van der Waals surface area contributed by atoms with E-state index in [9.17, 15) is 9.59 Å². The van der Waals surface area contributed by atoms with E-state index >= 15 is 0 Å². The third kappa shape index (κ3) is 4.06. The first-order valence-electron chi connectivity index (χ1n) is 6.93. The van der Waals surface area contributed by atoms with Gasteiger partial charge < -0.3 is 10.5 Å². The zero-order chi connectivity index (χ0) is 14.4. The molecule has 1 heterocycles. The standard InChI is InChI=1S/C15H20N2O3/c16-14(18)12-8-4-5-9-13(17-12)15(19)20-10-11-6-2-1-3-7-11/h1-3,6-7,12-13,17H,4-5,8-10H2,(H2,16,18)/t12-,13+/m0/s1. The van der Waals surface area contributed by atoms with Crippen LogP contribution in [0.25, 0.3) is 0 Å². The van der Waals surface area contributed by atoms with E-state index in [1.54, 1.807) is 0 Å². The SMILES string of the molecule is NC(=O)[C@@H]1CCCC[C@H](C(=O)OCc2ccccc2)N1. The summed E-state index contributed by atoms with van der Waals surface area (Å²) in [4.78, 5) is 23.3. The maximum absolute atomic E-state index is 12.1. The van der Waals surface area contributed by atoms with Gasteiger partial charge in [-0.15, -0.1) is 0 Å². The minimum Gasteiger partial charge on any atom is -0.460 e. The molecule has 2 rings (SSSR count). The first-order chi connectivity index (χ1) is 9.66. The molecular weight excluding hydrogens is 256 g/mol. The van der Waals surface area contributed by atoms with Gasteiger partial charge in [0.1, 0.15) is 12.6 Å². The van der Waals surface area contributed by atoms with Crippen LogP contribution >= 0.6 is 0 Å². The summed E-state index contributed by atoms with van der Waals surface area (Å²) in [5, 5.41) is 3.00. The van der Waals surface area contributed by atoms with Crippen LogP contribution in [0.3, 0.4) is 0 Å². The third-order valence-electron chi connectivity index (χ3n) is 3.49. The molecular formula is C15H20N2O3. The maximum atomic E-state index is 12.1. The van der Waals surface area contributed by atoms with Gasteiger partial charge in [0.2, 0.25) is 5.91 Å². The summed E-state index contributed by atoms with van der Waals surface area (Å²) in [5.41, 5.74) is 6.26. The number of carbonyl (C=O) groups excluding carboxylic acids is 2. The lowest BCUT2D eigenvalue weighted by molar-refractivity contribution is -0.148. The number of primary amides is 1. The van der Waals surface area contributed by atoms with E-state index in [2.05, 4.69) is 5.32 Å². The van der Waals surface area contributed by atoms with Crippen LogP contribution in [0.1, 0.15) is 31.2 Å². The van der Waals surface area contributed by atoms with Gasteiger partial charge in [-0.05, 0) is 18.4 Å². The van der Waals surface area contributed by atoms with E-state index in [0.717, 1.165) is 18.4 Å². The number of carbonyl (C=O) groups is 2. The van der Waals surface area contributed by atoms with Crippen molar-refractivity contribution in [1.29, 1.82) is 0 Å². The molecule has 0 bridgehead atoms. The van der Waals surface area contributed by atoms with Crippen LogP contribution in [0.5, 0.6) is 0 Å². The Morgan fingerprint density at radius 2 is 1.80 bits per heavy atom. The third-order valence-corrected chi connectivity index (χ3v) is 3.49. The van der Waals surface area contributed by atoms with Crippen molar-refractivity contribution in [2.45, 2.75) is 44.4 Å². The minimum absolute atomic E-state index is 0.249. The zero-order valence-electron chi connectivity index (χ0n) is 11.4. The highest BCUT2D eigenvalue weighted by Gasteiger charge is 2.28. The van der Waals surface area contributed by atoms with Gasteiger partial charge in [0.25, 0.3) is 0 Å². The molecule has 0 saturated carbocycles. The molecule has 108 valence electrons. The zero-order valence-corrected chi connectivity index (χ0v) is 11.4. The van der Waals surface area contributed by atoms with E-state index in [1.807, 2.05) is 30.3 Å². The van der Waals surface area contributed by atoms with Crippen LogP contribution in [0.4, 0.5) is 0 Å². The average molecular weight is 276 g/mol. The second-order valence-corrected chi connectivity index (χ2v) is 5.05. The van der Waals surface area contributed by atoms with Crippen molar-refractivity contribution >= 4 is 11.9 Å². The second kappa shape index (κ2) is 7.05. The van der Waals surface area contributed by atoms with Crippen LogP contribution in [-0.4, -0.2) is 24.0 Å². The summed E-state index contributed by atoms with van der Waals surface area (Å²) >= 11 is 0. The highest BCUT2D eigenvalue weighted by atomic mass is 16.5. The number of hydrogen-bond donors (Lipinski definition) is 2. The van der Waals surface area contributed by atoms with E-state index in [0.29, 0.717) is 12.8 Å². The van der Waals surface area contributed by atoms with E-state index in [1.165, 1.54) is 0 Å². The summed E-state index contributed by atoms with van der Waals surface area (Å²) in [6.07, 6.45) is 3.14. The predicted octanol–water partition coefficient (Wildman–Crippen LogP) is 1.12. The monoisotopic (exact) mass is 276 g/mol. The van der Waals surface area contributed by atoms with Gasteiger partial charge in [0, 0.05) is 0 Å². The lowest BCUT2D eigenvalue weighted by Crippen LogP contribution is -2.48. The Balaban J connectivity index is 1.89. The molecule has 2 atom stereocenters. The molecule has 0 aromatic heterocycles. The van der Waals surface area contributed by atoms with Crippen molar-refractivity contribution in [3.8, 4) is 0 Å². The molecule has 5 nitrogen and oxygen atoms in total. The quantitative estimate of drug-likeness (QED) is 0.807. The van der Waals surface area contributed by atoms with Crippen molar-refractivity contribution in [2.75, 3.05) is 0 Å². The topological polar surface area (TPSA) is 81.4 Å². The van der Waals surface area contributed by atoms with Gasteiger partial charge in [-0.25, -0.2) is 0 Å². The van der Waals surface area contributed by atoms with Crippen molar-refractivity contribution in [2.24, 2.45) is 5.73 Å². The molecule has 1 aromatic rings. The van der Waals surface area contributed by atoms with Crippen molar-refractivity contribution in [3.05, 3.63) is 35.9 Å². The van der Waals surface area contributed by atoms with Crippen LogP contribution in [0.2, 0.25) is 0 Å². The molecule has 0 aliphatic carbocycles. The Kier molecular flexibility index (Phi) is 5.12. The van der Waals surface area contributed by atoms with Gasteiger partial charge in [0.15, 0.2) is 0 Å². The molecule has 20 heavy (non-hydrogen) atoms. The summed E-state index contributed by atoms with van der Waals surface area (Å²) in [5.74, 6) is -0.727. The van der Waals surface area contributed by atoms with Crippen molar-refractivity contribution < 1.29 is 14.3 Å². The molecule has 0 spiro atoms. The summed E-state index contributed by atoms with van der Waals surface area (Å²) < 4.78 is 5.30. The number of nitrogens with two attached hydrogens (primary N) is 1. The lowest BCUT2D eigenvalue weighted by Gasteiger charge is -2.19. The van der Waals surface area contributed by atoms with E-state index < -0.39 is 18.0 Å².